The molecule has 0 aliphatic carbocycles. The number of rotatable bonds is 9. The molecule has 0 saturated carbocycles. The average Bonchev–Trinajstić information content (AvgIpc) is 2.69. The topological polar surface area (TPSA) is 69.2 Å². The Bertz CT molecular complexity index is 769. The SMILES string of the molecule is CCCCc1ccccc1OCc1ccccc1C(=NOC)C(N)=NC. The van der Waals surface area contributed by atoms with Gasteiger partial charge in [0.1, 0.15) is 25.3 Å². The minimum absolute atomic E-state index is 0.322. The summed E-state index contributed by atoms with van der Waals surface area (Å²) in [4.78, 5) is 8.98. The maximum absolute atomic E-state index is 6.13. The van der Waals surface area contributed by atoms with E-state index in [1.807, 2.05) is 42.5 Å². The van der Waals surface area contributed by atoms with E-state index in [4.69, 9.17) is 15.3 Å². The molecule has 0 aliphatic rings. The minimum atomic E-state index is 0.322. The molecule has 0 amide bonds. The van der Waals surface area contributed by atoms with Gasteiger partial charge in [-0.2, -0.15) is 0 Å². The highest BCUT2D eigenvalue weighted by molar-refractivity contribution is 6.47. The van der Waals surface area contributed by atoms with Gasteiger partial charge in [0.2, 0.25) is 0 Å². The maximum Gasteiger partial charge on any atom is 0.152 e. The lowest BCUT2D eigenvalue weighted by Crippen LogP contribution is -2.26. The number of ether oxygens (including phenoxy) is 1. The molecule has 26 heavy (non-hydrogen) atoms. The van der Waals surface area contributed by atoms with E-state index in [1.54, 1.807) is 7.05 Å². The summed E-state index contributed by atoms with van der Waals surface area (Å²) in [6.07, 6.45) is 3.31. The molecule has 0 spiro atoms. The molecule has 2 N–H and O–H groups in total. The molecule has 0 atom stereocenters. The largest absolute Gasteiger partial charge is 0.489 e. The van der Waals surface area contributed by atoms with Crippen molar-refractivity contribution in [2.45, 2.75) is 32.8 Å². The van der Waals surface area contributed by atoms with E-state index in [-0.39, 0.29) is 0 Å². The molecule has 0 fully saturated rings. The zero-order valence-corrected chi connectivity index (χ0v) is 15.7. The molecule has 2 rings (SSSR count). The predicted molar refractivity (Wildman–Crippen MR) is 107 cm³/mol. The molecular formula is C21H27N3O2. The van der Waals surface area contributed by atoms with Crippen molar-refractivity contribution in [2.75, 3.05) is 14.2 Å². The van der Waals surface area contributed by atoms with E-state index in [2.05, 4.69) is 23.1 Å². The Morgan fingerprint density at radius 3 is 2.42 bits per heavy atom. The minimum Gasteiger partial charge on any atom is -0.489 e. The molecule has 2 aromatic rings. The normalized spacial score (nSPS) is 12.1. The molecule has 0 heterocycles. The van der Waals surface area contributed by atoms with Crippen LogP contribution in [0.15, 0.2) is 58.7 Å². The molecule has 5 heteroatoms. The zero-order chi connectivity index (χ0) is 18.8. The van der Waals surface area contributed by atoms with Crippen molar-refractivity contribution >= 4 is 11.5 Å². The number of benzene rings is 2. The molecule has 0 aromatic heterocycles. The second-order valence-electron chi connectivity index (χ2n) is 5.89. The van der Waals surface area contributed by atoms with Crippen LogP contribution in [-0.2, 0) is 17.9 Å². The van der Waals surface area contributed by atoms with Gasteiger partial charge in [-0.15, -0.1) is 0 Å². The highest BCUT2D eigenvalue weighted by atomic mass is 16.6. The van der Waals surface area contributed by atoms with Gasteiger partial charge in [-0.25, -0.2) is 0 Å². The number of unbranched alkanes of at least 4 members (excludes halogenated alkanes) is 1. The van der Waals surface area contributed by atoms with Crippen LogP contribution in [0.3, 0.4) is 0 Å². The fourth-order valence-electron chi connectivity index (χ4n) is 2.68. The maximum atomic E-state index is 6.13. The molecule has 0 saturated heterocycles. The van der Waals surface area contributed by atoms with Gasteiger partial charge in [0.05, 0.1) is 0 Å². The van der Waals surface area contributed by atoms with E-state index in [0.717, 1.165) is 36.1 Å². The molecule has 0 aliphatic heterocycles. The molecule has 2 aromatic carbocycles. The highest BCUT2D eigenvalue weighted by Gasteiger charge is 2.14. The van der Waals surface area contributed by atoms with Crippen LogP contribution in [0, 0.1) is 0 Å². The highest BCUT2D eigenvalue weighted by Crippen LogP contribution is 2.22. The molecule has 0 unspecified atom stereocenters. The van der Waals surface area contributed by atoms with Crippen LogP contribution in [0.2, 0.25) is 0 Å². The number of aliphatic imine (C=N–C) groups is 1. The van der Waals surface area contributed by atoms with Gasteiger partial charge in [0, 0.05) is 12.6 Å². The molecular weight excluding hydrogens is 326 g/mol. The second kappa shape index (κ2) is 10.2. The third-order valence-electron chi connectivity index (χ3n) is 4.09. The zero-order valence-electron chi connectivity index (χ0n) is 15.7. The second-order valence-corrected chi connectivity index (χ2v) is 5.89. The summed E-state index contributed by atoms with van der Waals surface area (Å²) in [6.45, 7) is 2.61. The Hall–Kier alpha value is -2.82. The fraction of sp³-hybridized carbons (Fsp3) is 0.333. The first kappa shape index (κ1) is 19.5. The first-order valence-electron chi connectivity index (χ1n) is 8.84. The Kier molecular flexibility index (Phi) is 7.68. The Balaban J connectivity index is 2.26. The van der Waals surface area contributed by atoms with Crippen molar-refractivity contribution < 1.29 is 9.57 Å². The van der Waals surface area contributed by atoms with Crippen molar-refractivity contribution in [1.29, 1.82) is 0 Å². The number of para-hydroxylation sites is 1. The molecule has 5 nitrogen and oxygen atoms in total. The van der Waals surface area contributed by atoms with Crippen LogP contribution in [0.4, 0.5) is 0 Å². The van der Waals surface area contributed by atoms with E-state index in [0.29, 0.717) is 18.2 Å². The van der Waals surface area contributed by atoms with Gasteiger partial charge in [-0.05, 0) is 30.0 Å². The van der Waals surface area contributed by atoms with Crippen molar-refractivity contribution in [2.24, 2.45) is 15.9 Å². The van der Waals surface area contributed by atoms with Gasteiger partial charge >= 0.3 is 0 Å². The quantitative estimate of drug-likeness (QED) is 0.422. The average molecular weight is 353 g/mol. The third kappa shape index (κ3) is 5.09. The van der Waals surface area contributed by atoms with Crippen LogP contribution in [0.1, 0.15) is 36.5 Å². The number of aryl methyl sites for hydroxylation is 1. The fourth-order valence-corrected chi connectivity index (χ4v) is 2.68. The van der Waals surface area contributed by atoms with Gasteiger partial charge in [0.15, 0.2) is 5.71 Å². The van der Waals surface area contributed by atoms with Crippen LogP contribution >= 0.6 is 0 Å². The summed E-state index contributed by atoms with van der Waals surface area (Å²) in [6, 6.07) is 16.0. The first-order valence-corrected chi connectivity index (χ1v) is 8.84. The number of hydrogen-bond donors (Lipinski definition) is 1. The number of nitrogens with two attached hydrogens (primary N) is 1. The van der Waals surface area contributed by atoms with Gasteiger partial charge < -0.3 is 15.3 Å². The molecule has 0 radical (unpaired) electrons. The smallest absolute Gasteiger partial charge is 0.152 e. The lowest BCUT2D eigenvalue weighted by Gasteiger charge is -2.14. The summed E-state index contributed by atoms with van der Waals surface area (Å²) < 4.78 is 6.13. The number of amidine groups is 1. The number of oxime groups is 1. The van der Waals surface area contributed by atoms with Crippen molar-refractivity contribution in [3.63, 3.8) is 0 Å². The van der Waals surface area contributed by atoms with E-state index < -0.39 is 0 Å². The molecule has 0 bridgehead atoms. The number of nitrogens with zero attached hydrogens (tertiary/aromatic N) is 2. The van der Waals surface area contributed by atoms with Gasteiger partial charge in [0.25, 0.3) is 0 Å². The van der Waals surface area contributed by atoms with Crippen LogP contribution in [0.5, 0.6) is 5.75 Å². The Labute approximate surface area is 155 Å². The Morgan fingerprint density at radius 2 is 1.73 bits per heavy atom. The van der Waals surface area contributed by atoms with Crippen LogP contribution in [-0.4, -0.2) is 25.7 Å². The van der Waals surface area contributed by atoms with Crippen molar-refractivity contribution in [1.82, 2.24) is 0 Å². The van der Waals surface area contributed by atoms with Crippen LogP contribution in [0.25, 0.3) is 0 Å². The monoisotopic (exact) mass is 353 g/mol. The predicted octanol–water partition coefficient (Wildman–Crippen LogP) is 3.95. The van der Waals surface area contributed by atoms with E-state index in [9.17, 15) is 0 Å². The van der Waals surface area contributed by atoms with Crippen molar-refractivity contribution in [3.8, 4) is 5.75 Å². The lowest BCUT2D eigenvalue weighted by molar-refractivity contribution is 0.214. The summed E-state index contributed by atoms with van der Waals surface area (Å²) >= 11 is 0. The standard InChI is InChI=1S/C21H27N3O2/c1-4-5-10-16-11-7-9-14-19(16)26-15-17-12-6-8-13-18(17)20(24-25-3)21(22)23-2/h6-9,11-14H,4-5,10,15H2,1-3H3,(H2,22,23). The third-order valence-corrected chi connectivity index (χ3v) is 4.09. The van der Waals surface area contributed by atoms with Gasteiger partial charge in [-0.3, -0.25) is 4.99 Å². The first-order chi connectivity index (χ1) is 12.7. The van der Waals surface area contributed by atoms with E-state index in [1.165, 1.54) is 12.7 Å². The summed E-state index contributed by atoms with van der Waals surface area (Å²) in [5.41, 5.74) is 9.55. The van der Waals surface area contributed by atoms with E-state index >= 15 is 0 Å². The van der Waals surface area contributed by atoms with Gasteiger partial charge in [-0.1, -0.05) is 61.0 Å². The van der Waals surface area contributed by atoms with Crippen LogP contribution < -0.4 is 10.5 Å². The van der Waals surface area contributed by atoms with Crippen molar-refractivity contribution in [3.05, 3.63) is 65.2 Å². The summed E-state index contributed by atoms with van der Waals surface area (Å²) in [5.74, 6) is 1.24. The lowest BCUT2D eigenvalue weighted by atomic mass is 10.0. The summed E-state index contributed by atoms with van der Waals surface area (Å²) in [5, 5.41) is 4.04. The molecule has 138 valence electrons. The summed E-state index contributed by atoms with van der Waals surface area (Å²) in [7, 11) is 3.12. The number of hydrogen-bond acceptors (Lipinski definition) is 4. The Morgan fingerprint density at radius 1 is 1.04 bits per heavy atom.